The fourth-order valence-corrected chi connectivity index (χ4v) is 2.00. The Labute approximate surface area is 118 Å². The molecule has 6 heteroatoms. The Morgan fingerprint density at radius 3 is 2.75 bits per heavy atom. The van der Waals surface area contributed by atoms with Gasteiger partial charge in [-0.05, 0) is 24.6 Å². The molecule has 20 heavy (non-hydrogen) atoms. The minimum atomic E-state index is -0.518. The standard InChI is InChI=1S/C14H19N3O3/c1-3-20-12-6-4-10(5-7-12)11-8-15-13(16-9-11)17-14(18)19-2/h4-7,11H,3,8-9H2,1-2H3,(H2,15,16,17,18). The number of carbonyl (C=O) groups excluding carboxylic acids is 1. The molecule has 0 fully saturated rings. The van der Waals surface area contributed by atoms with Crippen molar-refractivity contribution in [3.63, 3.8) is 0 Å². The van der Waals surface area contributed by atoms with Crippen molar-refractivity contribution in [2.24, 2.45) is 4.99 Å². The molecule has 1 unspecified atom stereocenters. The largest absolute Gasteiger partial charge is 0.494 e. The van der Waals surface area contributed by atoms with E-state index in [1.807, 2.05) is 31.2 Å². The summed E-state index contributed by atoms with van der Waals surface area (Å²) in [5.41, 5.74) is 1.20. The van der Waals surface area contributed by atoms with E-state index in [0.717, 1.165) is 12.3 Å². The topological polar surface area (TPSA) is 72.0 Å². The van der Waals surface area contributed by atoms with Crippen LogP contribution in [0.3, 0.4) is 0 Å². The number of nitrogens with one attached hydrogen (secondary N) is 2. The average Bonchev–Trinajstić information content (AvgIpc) is 2.49. The Hall–Kier alpha value is -2.24. The fraction of sp³-hybridized carbons (Fsp3) is 0.429. The van der Waals surface area contributed by atoms with Crippen molar-refractivity contribution in [1.29, 1.82) is 0 Å². The zero-order valence-electron chi connectivity index (χ0n) is 11.7. The Bertz CT molecular complexity index is 485. The normalized spacial score (nSPS) is 17.7. The van der Waals surface area contributed by atoms with Gasteiger partial charge in [-0.2, -0.15) is 0 Å². The van der Waals surface area contributed by atoms with Crippen molar-refractivity contribution in [3.8, 4) is 5.75 Å². The lowest BCUT2D eigenvalue weighted by Crippen LogP contribution is -2.45. The molecule has 6 nitrogen and oxygen atoms in total. The number of aliphatic imine (C=N–C) groups is 1. The second-order valence-electron chi connectivity index (χ2n) is 4.39. The van der Waals surface area contributed by atoms with Crippen LogP contribution in [0, 0.1) is 0 Å². The highest BCUT2D eigenvalue weighted by Gasteiger charge is 2.18. The van der Waals surface area contributed by atoms with Gasteiger partial charge in [0.15, 0.2) is 0 Å². The van der Waals surface area contributed by atoms with Crippen molar-refractivity contribution in [3.05, 3.63) is 29.8 Å². The number of benzene rings is 1. The SMILES string of the molecule is CCOc1ccc(C2CN=C(NC(=O)OC)NC2)cc1. The number of carbonyl (C=O) groups is 1. The van der Waals surface area contributed by atoms with E-state index in [0.29, 0.717) is 19.1 Å². The Morgan fingerprint density at radius 2 is 2.20 bits per heavy atom. The number of nitrogens with zero attached hydrogens (tertiary/aromatic N) is 1. The van der Waals surface area contributed by atoms with Crippen LogP contribution in [-0.4, -0.2) is 38.9 Å². The molecule has 1 aliphatic heterocycles. The van der Waals surface area contributed by atoms with Gasteiger partial charge in [0.05, 0.1) is 20.3 Å². The number of methoxy groups -OCH3 is 1. The van der Waals surface area contributed by atoms with Crippen LogP contribution in [0.2, 0.25) is 0 Å². The molecular weight excluding hydrogens is 258 g/mol. The van der Waals surface area contributed by atoms with E-state index in [1.54, 1.807) is 0 Å². The third kappa shape index (κ3) is 3.63. The Morgan fingerprint density at radius 1 is 1.45 bits per heavy atom. The third-order valence-electron chi connectivity index (χ3n) is 3.05. The summed E-state index contributed by atoms with van der Waals surface area (Å²) in [4.78, 5) is 15.4. The maximum Gasteiger partial charge on any atom is 0.413 e. The fourth-order valence-electron chi connectivity index (χ4n) is 2.00. The monoisotopic (exact) mass is 277 g/mol. The highest BCUT2D eigenvalue weighted by Crippen LogP contribution is 2.20. The highest BCUT2D eigenvalue weighted by molar-refractivity contribution is 5.94. The van der Waals surface area contributed by atoms with Crippen LogP contribution in [0.15, 0.2) is 29.3 Å². The molecule has 0 aromatic heterocycles. The van der Waals surface area contributed by atoms with E-state index >= 15 is 0 Å². The predicted molar refractivity (Wildman–Crippen MR) is 76.2 cm³/mol. The third-order valence-corrected chi connectivity index (χ3v) is 3.05. The van der Waals surface area contributed by atoms with Crippen molar-refractivity contribution in [2.75, 3.05) is 26.8 Å². The van der Waals surface area contributed by atoms with Crippen molar-refractivity contribution < 1.29 is 14.3 Å². The van der Waals surface area contributed by atoms with Gasteiger partial charge in [-0.15, -0.1) is 0 Å². The molecule has 1 amide bonds. The van der Waals surface area contributed by atoms with Crippen LogP contribution in [0.4, 0.5) is 4.79 Å². The molecule has 1 heterocycles. The number of amides is 1. The smallest absolute Gasteiger partial charge is 0.413 e. The van der Waals surface area contributed by atoms with Gasteiger partial charge in [0, 0.05) is 12.5 Å². The average molecular weight is 277 g/mol. The number of hydrogen-bond acceptors (Lipinski definition) is 5. The molecule has 1 aromatic rings. The molecule has 0 spiro atoms. The van der Waals surface area contributed by atoms with Crippen LogP contribution in [-0.2, 0) is 4.74 Å². The summed E-state index contributed by atoms with van der Waals surface area (Å²) in [6.45, 7) is 3.97. The molecular formula is C14H19N3O3. The van der Waals surface area contributed by atoms with Crippen LogP contribution in [0.5, 0.6) is 5.75 Å². The summed E-state index contributed by atoms with van der Waals surface area (Å²) in [6.07, 6.45) is -0.518. The number of rotatable bonds is 3. The van der Waals surface area contributed by atoms with Crippen LogP contribution < -0.4 is 15.4 Å². The van der Waals surface area contributed by atoms with E-state index < -0.39 is 6.09 Å². The molecule has 108 valence electrons. The van der Waals surface area contributed by atoms with Crippen LogP contribution in [0.1, 0.15) is 18.4 Å². The lowest BCUT2D eigenvalue weighted by atomic mass is 9.98. The van der Waals surface area contributed by atoms with Gasteiger partial charge in [-0.3, -0.25) is 10.3 Å². The number of alkyl carbamates (subject to hydrolysis) is 1. The Kier molecular flexibility index (Phi) is 4.81. The van der Waals surface area contributed by atoms with E-state index in [1.165, 1.54) is 12.7 Å². The lowest BCUT2D eigenvalue weighted by Gasteiger charge is -2.23. The molecule has 1 atom stereocenters. The maximum atomic E-state index is 11.1. The molecule has 0 saturated heterocycles. The van der Waals surface area contributed by atoms with Crippen molar-refractivity contribution in [1.82, 2.24) is 10.6 Å². The van der Waals surface area contributed by atoms with Gasteiger partial charge >= 0.3 is 6.09 Å². The first-order valence-corrected chi connectivity index (χ1v) is 6.59. The van der Waals surface area contributed by atoms with E-state index in [4.69, 9.17) is 4.74 Å². The van der Waals surface area contributed by atoms with Gasteiger partial charge in [0.1, 0.15) is 5.75 Å². The van der Waals surface area contributed by atoms with E-state index in [9.17, 15) is 4.79 Å². The minimum absolute atomic E-state index is 0.286. The second-order valence-corrected chi connectivity index (χ2v) is 4.39. The zero-order valence-corrected chi connectivity index (χ0v) is 11.7. The molecule has 2 N–H and O–H groups in total. The summed E-state index contributed by atoms with van der Waals surface area (Å²) < 4.78 is 9.93. The molecule has 0 aliphatic carbocycles. The van der Waals surface area contributed by atoms with Gasteiger partial charge < -0.3 is 14.8 Å². The minimum Gasteiger partial charge on any atom is -0.494 e. The van der Waals surface area contributed by atoms with Gasteiger partial charge in [-0.25, -0.2) is 4.79 Å². The van der Waals surface area contributed by atoms with Crippen molar-refractivity contribution >= 4 is 12.1 Å². The van der Waals surface area contributed by atoms with E-state index in [-0.39, 0.29) is 5.92 Å². The molecule has 0 bridgehead atoms. The molecule has 1 aliphatic rings. The molecule has 2 rings (SSSR count). The van der Waals surface area contributed by atoms with E-state index in [2.05, 4.69) is 20.4 Å². The summed E-state index contributed by atoms with van der Waals surface area (Å²) in [5.74, 6) is 1.62. The predicted octanol–water partition coefficient (Wildman–Crippen LogP) is 1.48. The summed E-state index contributed by atoms with van der Waals surface area (Å²) >= 11 is 0. The van der Waals surface area contributed by atoms with Crippen LogP contribution in [0.25, 0.3) is 0 Å². The summed E-state index contributed by atoms with van der Waals surface area (Å²) in [5, 5.41) is 5.60. The number of hydrogen-bond donors (Lipinski definition) is 2. The van der Waals surface area contributed by atoms with Crippen molar-refractivity contribution in [2.45, 2.75) is 12.8 Å². The molecule has 1 aromatic carbocycles. The first-order chi connectivity index (χ1) is 9.72. The molecule has 0 radical (unpaired) electrons. The van der Waals surface area contributed by atoms with Gasteiger partial charge in [0.25, 0.3) is 0 Å². The Balaban J connectivity index is 1.94. The number of guanidine groups is 1. The maximum absolute atomic E-state index is 11.1. The first kappa shape index (κ1) is 14.2. The lowest BCUT2D eigenvalue weighted by molar-refractivity contribution is 0.176. The van der Waals surface area contributed by atoms with Crippen LogP contribution >= 0.6 is 0 Å². The van der Waals surface area contributed by atoms with Gasteiger partial charge in [0.2, 0.25) is 5.96 Å². The summed E-state index contributed by atoms with van der Waals surface area (Å²) in [7, 11) is 1.32. The highest BCUT2D eigenvalue weighted by atomic mass is 16.5. The zero-order chi connectivity index (χ0) is 14.4. The second kappa shape index (κ2) is 6.79. The first-order valence-electron chi connectivity index (χ1n) is 6.59. The molecule has 0 saturated carbocycles. The quantitative estimate of drug-likeness (QED) is 0.878. The summed E-state index contributed by atoms with van der Waals surface area (Å²) in [6, 6.07) is 8.02. The number of ether oxygens (including phenoxy) is 2. The van der Waals surface area contributed by atoms with Gasteiger partial charge in [-0.1, -0.05) is 12.1 Å².